The largest absolute Gasteiger partial charge is 0.338 e. The zero-order valence-electron chi connectivity index (χ0n) is 12.0. The number of hydrogen-bond donors (Lipinski definition) is 1. The second kappa shape index (κ2) is 5.02. The average Bonchev–Trinajstić information content (AvgIpc) is 2.89. The standard InChI is InChI=1S/C16H21N3O/c1-16(2)10-12(16)14-18-15(20-19-14)13(17)9-8-11-6-4-3-5-7-11/h3-7,12-13H,8-10,17H2,1-2H3/t12?,13-/m0/s1. The Morgan fingerprint density at radius 3 is 2.70 bits per heavy atom. The predicted molar refractivity (Wildman–Crippen MR) is 77.1 cm³/mol. The molecular formula is C16H21N3O. The van der Waals surface area contributed by atoms with Crippen LogP contribution in [0.2, 0.25) is 0 Å². The lowest BCUT2D eigenvalue weighted by Gasteiger charge is -2.06. The van der Waals surface area contributed by atoms with Gasteiger partial charge in [-0.15, -0.1) is 0 Å². The van der Waals surface area contributed by atoms with Crippen LogP contribution in [-0.4, -0.2) is 10.1 Å². The van der Waals surface area contributed by atoms with Crippen molar-refractivity contribution in [3.63, 3.8) is 0 Å². The van der Waals surface area contributed by atoms with Crippen molar-refractivity contribution in [3.8, 4) is 0 Å². The summed E-state index contributed by atoms with van der Waals surface area (Å²) in [4.78, 5) is 4.48. The summed E-state index contributed by atoms with van der Waals surface area (Å²) in [5.41, 5.74) is 7.75. The van der Waals surface area contributed by atoms with E-state index in [2.05, 4.69) is 36.1 Å². The van der Waals surface area contributed by atoms with Crippen molar-refractivity contribution in [2.45, 2.75) is 45.1 Å². The molecule has 1 aromatic heterocycles. The van der Waals surface area contributed by atoms with E-state index in [9.17, 15) is 0 Å². The van der Waals surface area contributed by atoms with E-state index in [-0.39, 0.29) is 6.04 Å². The van der Waals surface area contributed by atoms with Gasteiger partial charge in [-0.2, -0.15) is 4.98 Å². The highest BCUT2D eigenvalue weighted by Crippen LogP contribution is 2.57. The lowest BCUT2D eigenvalue weighted by molar-refractivity contribution is 0.344. The van der Waals surface area contributed by atoms with Crippen LogP contribution in [0.4, 0.5) is 0 Å². The summed E-state index contributed by atoms with van der Waals surface area (Å²) in [5.74, 6) is 1.82. The SMILES string of the molecule is CC1(C)CC1c1noc([C@@H](N)CCc2ccccc2)n1. The number of benzene rings is 1. The van der Waals surface area contributed by atoms with Gasteiger partial charge in [-0.1, -0.05) is 49.3 Å². The lowest BCUT2D eigenvalue weighted by Crippen LogP contribution is -2.12. The van der Waals surface area contributed by atoms with Crippen LogP contribution >= 0.6 is 0 Å². The van der Waals surface area contributed by atoms with E-state index in [1.54, 1.807) is 0 Å². The lowest BCUT2D eigenvalue weighted by atomic mass is 10.1. The molecule has 0 radical (unpaired) electrons. The van der Waals surface area contributed by atoms with Crippen LogP contribution in [0.3, 0.4) is 0 Å². The Labute approximate surface area is 119 Å². The van der Waals surface area contributed by atoms with Crippen LogP contribution in [0, 0.1) is 5.41 Å². The summed E-state index contributed by atoms with van der Waals surface area (Å²) >= 11 is 0. The molecule has 1 aliphatic carbocycles. The Kier molecular flexibility index (Phi) is 3.34. The monoisotopic (exact) mass is 271 g/mol. The van der Waals surface area contributed by atoms with Gasteiger partial charge in [0.05, 0.1) is 6.04 Å². The molecule has 1 saturated carbocycles. The van der Waals surface area contributed by atoms with Gasteiger partial charge in [0.15, 0.2) is 5.82 Å². The maximum absolute atomic E-state index is 6.15. The first kappa shape index (κ1) is 13.3. The molecule has 0 spiro atoms. The molecule has 4 nitrogen and oxygen atoms in total. The summed E-state index contributed by atoms with van der Waals surface area (Å²) in [7, 11) is 0. The van der Waals surface area contributed by atoms with Crippen molar-refractivity contribution < 1.29 is 4.52 Å². The number of hydrogen-bond acceptors (Lipinski definition) is 4. The maximum Gasteiger partial charge on any atom is 0.243 e. The van der Waals surface area contributed by atoms with Crippen LogP contribution in [0.15, 0.2) is 34.9 Å². The van der Waals surface area contributed by atoms with Crippen molar-refractivity contribution in [3.05, 3.63) is 47.6 Å². The van der Waals surface area contributed by atoms with Gasteiger partial charge in [0.1, 0.15) is 0 Å². The van der Waals surface area contributed by atoms with Gasteiger partial charge in [0.2, 0.25) is 5.89 Å². The van der Waals surface area contributed by atoms with Gasteiger partial charge in [-0.05, 0) is 30.2 Å². The molecule has 20 heavy (non-hydrogen) atoms. The van der Waals surface area contributed by atoms with Crippen LogP contribution in [0.25, 0.3) is 0 Å². The molecule has 0 saturated heterocycles. The minimum atomic E-state index is -0.182. The second-order valence-electron chi connectivity index (χ2n) is 6.37. The molecule has 1 heterocycles. The number of nitrogens with two attached hydrogens (primary N) is 1. The molecule has 0 aliphatic heterocycles. The van der Waals surface area contributed by atoms with Crippen molar-refractivity contribution in [2.24, 2.45) is 11.1 Å². The fourth-order valence-electron chi connectivity index (χ4n) is 2.54. The van der Waals surface area contributed by atoms with Gasteiger partial charge in [0.25, 0.3) is 0 Å². The van der Waals surface area contributed by atoms with E-state index >= 15 is 0 Å². The van der Waals surface area contributed by atoms with Crippen molar-refractivity contribution in [1.82, 2.24) is 10.1 Å². The topological polar surface area (TPSA) is 64.9 Å². The Bertz CT molecular complexity index is 576. The van der Waals surface area contributed by atoms with E-state index in [1.807, 2.05) is 18.2 Å². The molecule has 1 fully saturated rings. The third-order valence-corrected chi connectivity index (χ3v) is 4.19. The summed E-state index contributed by atoms with van der Waals surface area (Å²) in [5, 5.41) is 4.08. The van der Waals surface area contributed by atoms with E-state index in [1.165, 1.54) is 5.56 Å². The minimum absolute atomic E-state index is 0.182. The van der Waals surface area contributed by atoms with Gasteiger partial charge >= 0.3 is 0 Å². The molecule has 106 valence electrons. The molecule has 3 rings (SSSR count). The minimum Gasteiger partial charge on any atom is -0.338 e. The van der Waals surface area contributed by atoms with Crippen molar-refractivity contribution in [1.29, 1.82) is 0 Å². The summed E-state index contributed by atoms with van der Waals surface area (Å²) < 4.78 is 5.32. The molecule has 2 aromatic rings. The number of aromatic nitrogens is 2. The van der Waals surface area contributed by atoms with E-state index < -0.39 is 0 Å². The van der Waals surface area contributed by atoms with E-state index in [0.717, 1.165) is 25.1 Å². The van der Waals surface area contributed by atoms with E-state index in [0.29, 0.717) is 17.2 Å². The summed E-state index contributed by atoms with van der Waals surface area (Å²) in [6, 6.07) is 10.1. The smallest absolute Gasteiger partial charge is 0.243 e. The molecular weight excluding hydrogens is 250 g/mol. The Hall–Kier alpha value is -1.68. The molecule has 2 N–H and O–H groups in total. The molecule has 1 aliphatic rings. The first-order valence-electron chi connectivity index (χ1n) is 7.19. The third-order valence-electron chi connectivity index (χ3n) is 4.19. The van der Waals surface area contributed by atoms with Crippen molar-refractivity contribution in [2.75, 3.05) is 0 Å². The first-order valence-corrected chi connectivity index (χ1v) is 7.19. The van der Waals surface area contributed by atoms with Gasteiger partial charge < -0.3 is 10.3 Å². The van der Waals surface area contributed by atoms with Gasteiger partial charge in [0, 0.05) is 5.92 Å². The molecule has 1 unspecified atom stereocenters. The summed E-state index contributed by atoms with van der Waals surface area (Å²) in [6.07, 6.45) is 2.87. The summed E-state index contributed by atoms with van der Waals surface area (Å²) in [6.45, 7) is 4.45. The Morgan fingerprint density at radius 1 is 1.35 bits per heavy atom. The third kappa shape index (κ3) is 2.75. The molecule has 4 heteroatoms. The quantitative estimate of drug-likeness (QED) is 0.906. The predicted octanol–water partition coefficient (Wildman–Crippen LogP) is 3.22. The number of nitrogens with zero attached hydrogens (tertiary/aromatic N) is 2. The zero-order valence-corrected chi connectivity index (χ0v) is 12.0. The fraction of sp³-hybridized carbons (Fsp3) is 0.500. The van der Waals surface area contributed by atoms with Crippen LogP contribution in [-0.2, 0) is 6.42 Å². The highest BCUT2D eigenvalue weighted by molar-refractivity contribution is 5.16. The van der Waals surface area contributed by atoms with Crippen LogP contribution < -0.4 is 5.73 Å². The zero-order chi connectivity index (χ0) is 14.2. The number of aryl methyl sites for hydroxylation is 1. The van der Waals surface area contributed by atoms with Gasteiger partial charge in [-0.25, -0.2) is 0 Å². The van der Waals surface area contributed by atoms with Crippen LogP contribution in [0.5, 0.6) is 0 Å². The normalized spacial score (nSPS) is 21.6. The maximum atomic E-state index is 6.15. The van der Waals surface area contributed by atoms with E-state index in [4.69, 9.17) is 10.3 Å². The Balaban J connectivity index is 1.59. The molecule has 2 atom stereocenters. The second-order valence-corrected chi connectivity index (χ2v) is 6.37. The Morgan fingerprint density at radius 2 is 2.05 bits per heavy atom. The first-order chi connectivity index (χ1) is 9.56. The molecule has 0 amide bonds. The van der Waals surface area contributed by atoms with Crippen LogP contribution in [0.1, 0.15) is 55.9 Å². The highest BCUT2D eigenvalue weighted by Gasteiger charge is 2.49. The number of rotatable bonds is 5. The highest BCUT2D eigenvalue weighted by atomic mass is 16.5. The average molecular weight is 271 g/mol. The van der Waals surface area contributed by atoms with Crippen molar-refractivity contribution >= 4 is 0 Å². The molecule has 0 bridgehead atoms. The van der Waals surface area contributed by atoms with Gasteiger partial charge in [-0.3, -0.25) is 0 Å². The molecule has 1 aromatic carbocycles. The fourth-order valence-corrected chi connectivity index (χ4v) is 2.54.